The predicted molar refractivity (Wildman–Crippen MR) is 75.6 cm³/mol. The van der Waals surface area contributed by atoms with E-state index in [1.54, 1.807) is 14.2 Å². The van der Waals surface area contributed by atoms with Crippen LogP contribution in [0.2, 0.25) is 0 Å². The average molecular weight is 290 g/mol. The number of rotatable bonds is 6. The first-order chi connectivity index (χ1) is 10.3. The van der Waals surface area contributed by atoms with E-state index in [0.29, 0.717) is 29.8 Å². The second kappa shape index (κ2) is 5.73. The Balaban J connectivity index is 1.80. The van der Waals surface area contributed by atoms with Crippen molar-refractivity contribution in [1.29, 1.82) is 0 Å². The summed E-state index contributed by atoms with van der Waals surface area (Å²) in [5, 5.41) is 4.04. The highest BCUT2D eigenvalue weighted by atomic mass is 16.5. The van der Waals surface area contributed by atoms with E-state index in [-0.39, 0.29) is 12.0 Å². The molecule has 112 valence electrons. The lowest BCUT2D eigenvalue weighted by molar-refractivity contribution is 0.125. The highest BCUT2D eigenvalue weighted by molar-refractivity contribution is 5.60. The third kappa shape index (κ3) is 2.71. The first kappa shape index (κ1) is 13.9. The molecular formula is C15H18N2O4. The molecule has 2 atom stereocenters. The Kier molecular flexibility index (Phi) is 3.79. The van der Waals surface area contributed by atoms with Gasteiger partial charge in [0.25, 0.3) is 0 Å². The van der Waals surface area contributed by atoms with Crippen molar-refractivity contribution in [2.75, 3.05) is 20.8 Å². The van der Waals surface area contributed by atoms with E-state index < -0.39 is 0 Å². The quantitative estimate of drug-likeness (QED) is 0.814. The molecule has 0 bridgehead atoms. The zero-order valence-corrected chi connectivity index (χ0v) is 12.3. The number of hydrogen-bond donors (Lipinski definition) is 0. The summed E-state index contributed by atoms with van der Waals surface area (Å²) in [6.07, 6.45) is 1.16. The van der Waals surface area contributed by atoms with Gasteiger partial charge in [0, 0.05) is 12.2 Å². The van der Waals surface area contributed by atoms with Crippen LogP contribution in [0.4, 0.5) is 0 Å². The molecular weight excluding hydrogens is 272 g/mol. The maximum atomic E-state index is 5.54. The standard InChI is InChI=1S/C15H18N2O4/c1-4-20-12-8-10(12)15-16-14(17-21-15)9-5-6-11(18-2)13(7-9)19-3/h5-7,10,12H,4,8H2,1-3H3. The lowest BCUT2D eigenvalue weighted by atomic mass is 10.2. The summed E-state index contributed by atoms with van der Waals surface area (Å²) in [4.78, 5) is 4.45. The van der Waals surface area contributed by atoms with Crippen LogP contribution in [0.1, 0.15) is 25.2 Å². The van der Waals surface area contributed by atoms with Gasteiger partial charge < -0.3 is 18.7 Å². The summed E-state index contributed by atoms with van der Waals surface area (Å²) in [6.45, 7) is 2.69. The summed E-state index contributed by atoms with van der Waals surface area (Å²) >= 11 is 0. The van der Waals surface area contributed by atoms with Crippen molar-refractivity contribution in [1.82, 2.24) is 10.1 Å². The smallest absolute Gasteiger partial charge is 0.232 e. The normalized spacial score (nSPS) is 20.3. The minimum absolute atomic E-state index is 0.216. The third-order valence-electron chi connectivity index (χ3n) is 3.51. The molecule has 1 fully saturated rings. The molecule has 1 aliphatic rings. The van der Waals surface area contributed by atoms with E-state index in [9.17, 15) is 0 Å². The van der Waals surface area contributed by atoms with Gasteiger partial charge in [0.1, 0.15) is 0 Å². The minimum atomic E-state index is 0.216. The van der Waals surface area contributed by atoms with Gasteiger partial charge in [0.15, 0.2) is 11.5 Å². The number of benzene rings is 1. The van der Waals surface area contributed by atoms with Crippen LogP contribution in [0.25, 0.3) is 11.4 Å². The summed E-state index contributed by atoms with van der Waals surface area (Å²) in [7, 11) is 3.20. The van der Waals surface area contributed by atoms with Gasteiger partial charge in [-0.15, -0.1) is 0 Å². The number of ether oxygens (including phenoxy) is 3. The monoisotopic (exact) mass is 290 g/mol. The molecule has 0 aliphatic heterocycles. The molecule has 1 aromatic heterocycles. The lowest BCUT2D eigenvalue weighted by Crippen LogP contribution is -1.95. The molecule has 3 rings (SSSR count). The van der Waals surface area contributed by atoms with Gasteiger partial charge in [0.05, 0.1) is 26.2 Å². The van der Waals surface area contributed by atoms with E-state index in [1.807, 2.05) is 25.1 Å². The van der Waals surface area contributed by atoms with Crippen molar-refractivity contribution >= 4 is 0 Å². The fraction of sp³-hybridized carbons (Fsp3) is 0.467. The Bertz CT molecular complexity index is 626. The predicted octanol–water partition coefficient (Wildman–Crippen LogP) is 2.65. The molecule has 0 radical (unpaired) electrons. The molecule has 21 heavy (non-hydrogen) atoms. The fourth-order valence-corrected chi connectivity index (χ4v) is 2.31. The van der Waals surface area contributed by atoms with E-state index in [0.717, 1.165) is 12.0 Å². The SMILES string of the molecule is CCOC1CC1c1nc(-c2ccc(OC)c(OC)c2)no1. The second-order valence-electron chi connectivity index (χ2n) is 4.86. The summed E-state index contributed by atoms with van der Waals surface area (Å²) in [5.41, 5.74) is 0.830. The molecule has 6 heteroatoms. The van der Waals surface area contributed by atoms with Crippen LogP contribution in [-0.4, -0.2) is 37.1 Å². The molecule has 1 aliphatic carbocycles. The molecule has 0 N–H and O–H groups in total. The van der Waals surface area contributed by atoms with Crippen molar-refractivity contribution in [3.63, 3.8) is 0 Å². The van der Waals surface area contributed by atoms with Crippen LogP contribution in [0.5, 0.6) is 11.5 Å². The van der Waals surface area contributed by atoms with Gasteiger partial charge in [0.2, 0.25) is 11.7 Å². The van der Waals surface area contributed by atoms with Gasteiger partial charge in [-0.3, -0.25) is 0 Å². The molecule has 1 aromatic carbocycles. The Morgan fingerprint density at radius 1 is 1.24 bits per heavy atom. The zero-order valence-electron chi connectivity index (χ0n) is 12.3. The van der Waals surface area contributed by atoms with Crippen LogP contribution in [0.15, 0.2) is 22.7 Å². The molecule has 2 unspecified atom stereocenters. The van der Waals surface area contributed by atoms with Crippen LogP contribution in [0, 0.1) is 0 Å². The van der Waals surface area contributed by atoms with Crippen molar-refractivity contribution in [3.05, 3.63) is 24.1 Å². The fourth-order valence-electron chi connectivity index (χ4n) is 2.31. The van der Waals surface area contributed by atoms with E-state index in [1.165, 1.54) is 0 Å². The van der Waals surface area contributed by atoms with Gasteiger partial charge in [-0.25, -0.2) is 0 Å². The molecule has 6 nitrogen and oxygen atoms in total. The minimum Gasteiger partial charge on any atom is -0.493 e. The Hall–Kier alpha value is -2.08. The van der Waals surface area contributed by atoms with Crippen molar-refractivity contribution < 1.29 is 18.7 Å². The maximum absolute atomic E-state index is 5.54. The van der Waals surface area contributed by atoms with Gasteiger partial charge in [-0.1, -0.05) is 5.16 Å². The number of aromatic nitrogens is 2. The number of methoxy groups -OCH3 is 2. The van der Waals surface area contributed by atoms with E-state index >= 15 is 0 Å². The van der Waals surface area contributed by atoms with Gasteiger partial charge in [-0.2, -0.15) is 4.98 Å². The summed E-state index contributed by atoms with van der Waals surface area (Å²) in [6, 6.07) is 5.54. The number of hydrogen-bond acceptors (Lipinski definition) is 6. The highest BCUT2D eigenvalue weighted by Gasteiger charge is 2.43. The topological polar surface area (TPSA) is 66.6 Å². The third-order valence-corrected chi connectivity index (χ3v) is 3.51. The average Bonchev–Trinajstić information content (AvgIpc) is 3.11. The molecule has 1 heterocycles. The van der Waals surface area contributed by atoms with Crippen LogP contribution in [0.3, 0.4) is 0 Å². The zero-order chi connectivity index (χ0) is 14.8. The first-order valence-corrected chi connectivity index (χ1v) is 6.94. The van der Waals surface area contributed by atoms with Crippen LogP contribution >= 0.6 is 0 Å². The van der Waals surface area contributed by atoms with Crippen molar-refractivity contribution in [3.8, 4) is 22.9 Å². The molecule has 2 aromatic rings. The Morgan fingerprint density at radius 2 is 2.05 bits per heavy atom. The Morgan fingerprint density at radius 3 is 2.76 bits per heavy atom. The highest BCUT2D eigenvalue weighted by Crippen LogP contribution is 2.43. The van der Waals surface area contributed by atoms with E-state index in [2.05, 4.69) is 10.1 Å². The largest absolute Gasteiger partial charge is 0.493 e. The lowest BCUT2D eigenvalue weighted by Gasteiger charge is -2.07. The molecule has 0 spiro atoms. The second-order valence-corrected chi connectivity index (χ2v) is 4.86. The first-order valence-electron chi connectivity index (χ1n) is 6.94. The van der Waals surface area contributed by atoms with Crippen molar-refractivity contribution in [2.24, 2.45) is 0 Å². The van der Waals surface area contributed by atoms with Crippen molar-refractivity contribution in [2.45, 2.75) is 25.4 Å². The van der Waals surface area contributed by atoms with Gasteiger partial charge in [-0.05, 0) is 31.5 Å². The van der Waals surface area contributed by atoms with Gasteiger partial charge >= 0.3 is 0 Å². The van der Waals surface area contributed by atoms with Crippen LogP contribution < -0.4 is 9.47 Å². The summed E-state index contributed by atoms with van der Waals surface area (Å²) < 4.78 is 21.4. The molecule has 0 amide bonds. The van der Waals surface area contributed by atoms with Crippen LogP contribution in [-0.2, 0) is 4.74 Å². The molecule has 0 saturated heterocycles. The number of nitrogens with zero attached hydrogens (tertiary/aromatic N) is 2. The summed E-state index contributed by atoms with van der Waals surface area (Å²) in [5.74, 6) is 2.72. The molecule has 1 saturated carbocycles. The maximum Gasteiger partial charge on any atom is 0.232 e. The Labute approximate surface area is 123 Å². The van der Waals surface area contributed by atoms with E-state index in [4.69, 9.17) is 18.7 Å².